The Kier molecular flexibility index (Phi) is 14.5. The van der Waals surface area contributed by atoms with Crippen molar-refractivity contribution in [2.45, 2.75) is 104 Å². The Morgan fingerprint density at radius 2 is 1.55 bits per heavy atom. The van der Waals surface area contributed by atoms with Crippen molar-refractivity contribution in [1.82, 2.24) is 15.5 Å². The fourth-order valence-electron chi connectivity index (χ4n) is 3.96. The lowest BCUT2D eigenvalue weighted by Gasteiger charge is -2.33. The Balaban J connectivity index is 3.28. The highest BCUT2D eigenvalue weighted by Gasteiger charge is 2.34. The lowest BCUT2D eigenvalue weighted by molar-refractivity contribution is -0.144. The molecular formula is C29H47N3O6. The minimum Gasteiger partial charge on any atom is -0.468 e. The minimum absolute atomic E-state index is 0.316. The van der Waals surface area contributed by atoms with Crippen molar-refractivity contribution in [2.75, 3.05) is 20.2 Å². The van der Waals surface area contributed by atoms with Gasteiger partial charge in [-0.1, -0.05) is 70.2 Å². The van der Waals surface area contributed by atoms with E-state index in [2.05, 4.69) is 22.3 Å². The highest BCUT2D eigenvalue weighted by atomic mass is 16.6. The Hall–Kier alpha value is -3.10. The van der Waals surface area contributed by atoms with E-state index in [1.165, 1.54) is 12.0 Å². The van der Waals surface area contributed by atoms with Gasteiger partial charge in [0.2, 0.25) is 11.8 Å². The number of carbonyl (C=O) groups is 4. The highest BCUT2D eigenvalue weighted by molar-refractivity contribution is 5.93. The predicted octanol–water partition coefficient (Wildman–Crippen LogP) is 4.68. The molecule has 0 aliphatic rings. The molecule has 0 radical (unpaired) electrons. The van der Waals surface area contributed by atoms with Crippen LogP contribution in [0.3, 0.4) is 0 Å². The summed E-state index contributed by atoms with van der Waals surface area (Å²) in [6.07, 6.45) is 6.16. The lowest BCUT2D eigenvalue weighted by Crippen LogP contribution is -2.52. The van der Waals surface area contributed by atoms with Crippen LogP contribution in [0, 0.1) is 0 Å². The van der Waals surface area contributed by atoms with Crippen molar-refractivity contribution < 1.29 is 28.7 Å². The van der Waals surface area contributed by atoms with E-state index in [1.54, 1.807) is 27.7 Å². The highest BCUT2D eigenvalue weighted by Crippen LogP contribution is 2.24. The van der Waals surface area contributed by atoms with Crippen LogP contribution in [0.15, 0.2) is 24.3 Å². The first-order valence-electron chi connectivity index (χ1n) is 13.7. The van der Waals surface area contributed by atoms with E-state index in [-0.39, 0.29) is 6.54 Å². The first kappa shape index (κ1) is 32.9. The molecule has 1 aromatic carbocycles. The number of nitrogens with one attached hydrogen (secondary N) is 2. The third-order valence-electron chi connectivity index (χ3n) is 6.04. The molecule has 1 aromatic rings. The van der Waals surface area contributed by atoms with E-state index in [1.807, 2.05) is 31.2 Å². The van der Waals surface area contributed by atoms with E-state index in [0.29, 0.717) is 18.5 Å². The summed E-state index contributed by atoms with van der Waals surface area (Å²) >= 11 is 0. The molecule has 3 amide bonds. The molecule has 2 unspecified atom stereocenters. The second-order valence-electron chi connectivity index (χ2n) is 10.5. The van der Waals surface area contributed by atoms with Crippen LogP contribution in [0.25, 0.3) is 0 Å². The molecule has 9 heteroatoms. The Morgan fingerprint density at radius 3 is 2.11 bits per heavy atom. The van der Waals surface area contributed by atoms with Crippen molar-refractivity contribution in [3.63, 3.8) is 0 Å². The lowest BCUT2D eigenvalue weighted by atomic mass is 10.00. The normalized spacial score (nSPS) is 12.7. The van der Waals surface area contributed by atoms with E-state index in [9.17, 15) is 19.2 Å². The number of unbranched alkanes of at least 4 members (excludes halogenated alkanes) is 5. The molecule has 0 aliphatic carbocycles. The zero-order valence-corrected chi connectivity index (χ0v) is 24.2. The third-order valence-corrected chi connectivity index (χ3v) is 6.04. The molecule has 0 aromatic heterocycles. The van der Waals surface area contributed by atoms with Crippen LogP contribution in [0.5, 0.6) is 0 Å². The van der Waals surface area contributed by atoms with Crippen LogP contribution in [0.2, 0.25) is 0 Å². The van der Waals surface area contributed by atoms with Gasteiger partial charge < -0.3 is 25.0 Å². The van der Waals surface area contributed by atoms with E-state index >= 15 is 0 Å². The Labute approximate surface area is 228 Å². The first-order chi connectivity index (χ1) is 17.9. The zero-order chi connectivity index (χ0) is 28.7. The number of rotatable bonds is 15. The second-order valence-corrected chi connectivity index (χ2v) is 10.5. The minimum atomic E-state index is -0.989. The molecule has 214 valence electrons. The molecule has 2 N–H and O–H groups in total. The Morgan fingerprint density at radius 1 is 0.947 bits per heavy atom. The molecule has 2 atom stereocenters. The van der Waals surface area contributed by atoms with Crippen LogP contribution in [0.4, 0.5) is 4.79 Å². The zero-order valence-electron chi connectivity index (χ0n) is 24.2. The summed E-state index contributed by atoms with van der Waals surface area (Å²) < 4.78 is 9.98. The van der Waals surface area contributed by atoms with Gasteiger partial charge in [-0.25, -0.2) is 4.79 Å². The van der Waals surface area contributed by atoms with Crippen molar-refractivity contribution in [3.8, 4) is 0 Å². The third kappa shape index (κ3) is 12.0. The quantitative estimate of drug-likeness (QED) is 0.250. The summed E-state index contributed by atoms with van der Waals surface area (Å²) in [4.78, 5) is 52.8. The molecule has 9 nitrogen and oxygen atoms in total. The SMILES string of the molecule is CCCCCCCCN(C(=O)C(C)NC(=O)OC(C)(C)C)C(C(=O)NCC(=O)OC)c1ccc(CC)cc1. The van der Waals surface area contributed by atoms with E-state index < -0.39 is 41.6 Å². The number of nitrogens with zero attached hydrogens (tertiary/aromatic N) is 1. The number of benzene rings is 1. The summed E-state index contributed by atoms with van der Waals surface area (Å²) in [7, 11) is 1.24. The number of hydrogen-bond acceptors (Lipinski definition) is 6. The van der Waals surface area contributed by atoms with Crippen LogP contribution in [0.1, 0.15) is 97.2 Å². The van der Waals surface area contributed by atoms with Gasteiger partial charge in [0.05, 0.1) is 7.11 Å². The summed E-state index contributed by atoms with van der Waals surface area (Å²) in [5, 5.41) is 5.21. The number of methoxy groups -OCH3 is 1. The monoisotopic (exact) mass is 533 g/mol. The van der Waals surface area contributed by atoms with Crippen molar-refractivity contribution in [3.05, 3.63) is 35.4 Å². The fraction of sp³-hybridized carbons (Fsp3) is 0.655. The van der Waals surface area contributed by atoms with Gasteiger partial charge in [-0.2, -0.15) is 0 Å². The van der Waals surface area contributed by atoms with Crippen molar-refractivity contribution in [2.24, 2.45) is 0 Å². The molecule has 1 rings (SSSR count). The molecule has 0 fully saturated rings. The molecule has 0 saturated carbocycles. The maximum atomic E-state index is 13.7. The standard InChI is InChI=1S/C29H47N3O6/c1-8-10-11-12-13-14-19-32(27(35)21(3)31-28(36)38-29(4,5)6)25(26(34)30-20-24(33)37-7)23-17-15-22(9-2)16-18-23/h15-18,21,25H,8-14,19-20H2,1-7H3,(H,30,34)(H,31,36). The van der Waals surface area contributed by atoms with Crippen molar-refractivity contribution >= 4 is 23.9 Å². The number of esters is 1. The van der Waals surface area contributed by atoms with Gasteiger partial charge in [-0.3, -0.25) is 14.4 Å². The van der Waals surface area contributed by atoms with Crippen LogP contribution < -0.4 is 10.6 Å². The average molecular weight is 534 g/mol. The van der Waals surface area contributed by atoms with E-state index in [0.717, 1.165) is 44.1 Å². The van der Waals surface area contributed by atoms with Crippen molar-refractivity contribution in [1.29, 1.82) is 0 Å². The number of ether oxygens (including phenoxy) is 2. The smallest absolute Gasteiger partial charge is 0.408 e. The number of carbonyl (C=O) groups excluding carboxylic acids is 4. The average Bonchev–Trinajstić information content (AvgIpc) is 2.86. The molecule has 0 heterocycles. The topological polar surface area (TPSA) is 114 Å². The van der Waals surface area contributed by atoms with Gasteiger partial charge in [-0.15, -0.1) is 0 Å². The maximum absolute atomic E-state index is 13.7. The van der Waals surface area contributed by atoms with Gasteiger partial charge in [0.1, 0.15) is 24.2 Å². The number of hydrogen-bond donors (Lipinski definition) is 2. The van der Waals surface area contributed by atoms with E-state index in [4.69, 9.17) is 4.74 Å². The molecule has 38 heavy (non-hydrogen) atoms. The molecule has 0 bridgehead atoms. The summed E-state index contributed by atoms with van der Waals surface area (Å²) in [5.74, 6) is -1.50. The van der Waals surface area contributed by atoms with Crippen LogP contribution in [-0.2, 0) is 30.3 Å². The largest absolute Gasteiger partial charge is 0.468 e. The second kappa shape index (κ2) is 16.7. The molecular weight excluding hydrogens is 486 g/mol. The van der Waals surface area contributed by atoms with Gasteiger partial charge in [0, 0.05) is 6.54 Å². The number of alkyl carbamates (subject to hydrolysis) is 1. The molecule has 0 saturated heterocycles. The van der Waals surface area contributed by atoms with Gasteiger partial charge >= 0.3 is 12.1 Å². The summed E-state index contributed by atoms with van der Waals surface area (Å²) in [6, 6.07) is 5.58. The maximum Gasteiger partial charge on any atom is 0.408 e. The Bertz CT molecular complexity index is 895. The predicted molar refractivity (Wildman–Crippen MR) is 148 cm³/mol. The summed E-state index contributed by atoms with van der Waals surface area (Å²) in [5.41, 5.74) is 0.993. The van der Waals surface area contributed by atoms with Gasteiger partial charge in [0.15, 0.2) is 0 Å². The van der Waals surface area contributed by atoms with Crippen LogP contribution in [-0.4, -0.2) is 60.6 Å². The number of amides is 3. The first-order valence-corrected chi connectivity index (χ1v) is 13.7. The van der Waals surface area contributed by atoms with Crippen LogP contribution >= 0.6 is 0 Å². The number of aryl methyl sites for hydroxylation is 1. The molecule has 0 aliphatic heterocycles. The molecule has 0 spiro atoms. The summed E-state index contributed by atoms with van der Waals surface area (Å²) in [6.45, 7) is 11.0. The fourth-order valence-corrected chi connectivity index (χ4v) is 3.96. The van der Waals surface area contributed by atoms with Gasteiger partial charge in [-0.05, 0) is 51.7 Å². The van der Waals surface area contributed by atoms with Gasteiger partial charge in [0.25, 0.3) is 0 Å².